The third kappa shape index (κ3) is 2.90. The van der Waals surface area contributed by atoms with E-state index in [0.717, 1.165) is 0 Å². The van der Waals surface area contributed by atoms with Crippen molar-refractivity contribution in [2.24, 2.45) is 0 Å². The van der Waals surface area contributed by atoms with Gasteiger partial charge in [0.25, 0.3) is 0 Å². The van der Waals surface area contributed by atoms with Crippen molar-refractivity contribution in [3.05, 3.63) is 60.7 Å². The molecule has 0 bridgehead atoms. The number of benzene rings is 2. The Hall–Kier alpha value is -1.70. The summed E-state index contributed by atoms with van der Waals surface area (Å²) in [6, 6.07) is 15.2. The van der Waals surface area contributed by atoms with E-state index in [0.29, 0.717) is 12.8 Å². The minimum atomic E-state index is -4.21. The molecule has 2 aromatic carbocycles. The molecule has 0 aromatic heterocycles. The summed E-state index contributed by atoms with van der Waals surface area (Å²) in [6.07, 6.45) is -0.582. The van der Waals surface area contributed by atoms with Crippen LogP contribution >= 0.6 is 0 Å². The molecule has 0 radical (unpaired) electrons. The van der Waals surface area contributed by atoms with Crippen LogP contribution in [0.4, 0.5) is 0 Å². The lowest BCUT2D eigenvalue weighted by Gasteiger charge is -2.38. The second kappa shape index (κ2) is 6.55. The standard InChI is InChI=1S/C18H20O5S2/c19-15-8-7-13-18(14-15,24(20,21)16-9-3-1-4-10-16)25(22,23)17-11-5-2-6-12-17/h1-6,9-12,15,19H,7-8,13-14H2. The number of hydrogen-bond acceptors (Lipinski definition) is 5. The van der Waals surface area contributed by atoms with Crippen LogP contribution in [0.3, 0.4) is 0 Å². The maximum atomic E-state index is 13.4. The van der Waals surface area contributed by atoms with Crippen LogP contribution in [0.2, 0.25) is 0 Å². The molecule has 134 valence electrons. The SMILES string of the molecule is O=S(=O)(c1ccccc1)C1(S(=O)(=O)c2ccccc2)CCCC(O)C1. The zero-order valence-electron chi connectivity index (χ0n) is 13.6. The average molecular weight is 380 g/mol. The van der Waals surface area contributed by atoms with E-state index in [1.165, 1.54) is 24.3 Å². The molecule has 3 rings (SSSR count). The fraction of sp³-hybridized carbons (Fsp3) is 0.333. The van der Waals surface area contributed by atoms with Crippen molar-refractivity contribution in [2.45, 2.75) is 45.7 Å². The zero-order valence-corrected chi connectivity index (χ0v) is 15.2. The highest BCUT2D eigenvalue weighted by molar-refractivity contribution is 8.10. The zero-order chi connectivity index (χ0) is 18.1. The molecule has 0 aliphatic heterocycles. The molecule has 1 aliphatic carbocycles. The average Bonchev–Trinajstić information content (AvgIpc) is 2.63. The van der Waals surface area contributed by atoms with Gasteiger partial charge in [-0.2, -0.15) is 0 Å². The minimum absolute atomic E-state index is 0.0293. The number of aliphatic hydroxyl groups excluding tert-OH is 1. The molecule has 1 aliphatic rings. The van der Waals surface area contributed by atoms with Crippen LogP contribution in [0.5, 0.6) is 0 Å². The van der Waals surface area contributed by atoms with Crippen LogP contribution in [0, 0.1) is 0 Å². The first-order valence-electron chi connectivity index (χ1n) is 8.09. The Morgan fingerprint density at radius 2 is 1.24 bits per heavy atom. The lowest BCUT2D eigenvalue weighted by Crippen LogP contribution is -2.50. The Kier molecular flexibility index (Phi) is 4.74. The Labute approximate surface area is 148 Å². The molecule has 0 saturated heterocycles. The monoisotopic (exact) mass is 380 g/mol. The van der Waals surface area contributed by atoms with Crippen molar-refractivity contribution in [3.63, 3.8) is 0 Å². The molecular formula is C18H20O5S2. The highest BCUT2D eigenvalue weighted by atomic mass is 32.3. The smallest absolute Gasteiger partial charge is 0.198 e. The topological polar surface area (TPSA) is 88.5 Å². The van der Waals surface area contributed by atoms with Gasteiger partial charge in [-0.1, -0.05) is 36.4 Å². The van der Waals surface area contributed by atoms with Gasteiger partial charge in [0, 0.05) is 6.42 Å². The van der Waals surface area contributed by atoms with Crippen LogP contribution < -0.4 is 0 Å². The summed E-state index contributed by atoms with van der Waals surface area (Å²) < 4.78 is 51.5. The van der Waals surface area contributed by atoms with Crippen LogP contribution in [-0.2, 0) is 19.7 Å². The molecule has 0 heterocycles. The summed E-state index contributed by atoms with van der Waals surface area (Å²) in [5.41, 5.74) is 0. The van der Waals surface area contributed by atoms with E-state index in [-0.39, 0.29) is 22.6 Å². The molecule has 1 unspecified atom stereocenters. The normalized spacial score (nSPS) is 20.9. The van der Waals surface area contributed by atoms with E-state index >= 15 is 0 Å². The third-order valence-corrected chi connectivity index (χ3v) is 10.5. The fourth-order valence-corrected chi connectivity index (χ4v) is 8.70. The van der Waals surface area contributed by atoms with E-state index in [2.05, 4.69) is 0 Å². The van der Waals surface area contributed by atoms with Crippen molar-refractivity contribution in [2.75, 3.05) is 0 Å². The lowest BCUT2D eigenvalue weighted by molar-refractivity contribution is 0.124. The van der Waals surface area contributed by atoms with Gasteiger partial charge in [-0.15, -0.1) is 0 Å². The molecule has 1 N–H and O–H groups in total. The van der Waals surface area contributed by atoms with Crippen molar-refractivity contribution in [3.8, 4) is 0 Å². The predicted octanol–water partition coefficient (Wildman–Crippen LogP) is 2.57. The Bertz CT molecular complexity index is 866. The molecule has 25 heavy (non-hydrogen) atoms. The molecule has 2 aromatic rings. The minimum Gasteiger partial charge on any atom is -0.393 e. The van der Waals surface area contributed by atoms with Gasteiger partial charge in [0.05, 0.1) is 15.9 Å². The first-order valence-corrected chi connectivity index (χ1v) is 11.1. The maximum Gasteiger partial charge on any atom is 0.198 e. The summed E-state index contributed by atoms with van der Waals surface area (Å²) in [4.78, 5) is -0.0767. The number of rotatable bonds is 4. The number of sulfone groups is 2. The Morgan fingerprint density at radius 3 is 1.64 bits per heavy atom. The maximum absolute atomic E-state index is 13.4. The summed E-state index contributed by atoms with van der Waals surface area (Å²) in [6.45, 7) is 0. The van der Waals surface area contributed by atoms with Crippen LogP contribution in [0.15, 0.2) is 70.5 Å². The molecular weight excluding hydrogens is 360 g/mol. The quantitative estimate of drug-likeness (QED) is 0.881. The molecule has 1 fully saturated rings. The number of hydrogen-bond donors (Lipinski definition) is 1. The summed E-state index contributed by atoms with van der Waals surface area (Å²) in [5.74, 6) is 0. The highest BCUT2D eigenvalue weighted by Crippen LogP contribution is 2.45. The fourth-order valence-electron chi connectivity index (χ4n) is 3.43. The molecule has 0 amide bonds. The van der Waals surface area contributed by atoms with E-state index in [9.17, 15) is 21.9 Å². The molecule has 0 spiro atoms. The van der Waals surface area contributed by atoms with Gasteiger partial charge in [0.2, 0.25) is 0 Å². The van der Waals surface area contributed by atoms with Gasteiger partial charge >= 0.3 is 0 Å². The molecule has 5 nitrogen and oxygen atoms in total. The van der Waals surface area contributed by atoms with E-state index in [4.69, 9.17) is 0 Å². The van der Waals surface area contributed by atoms with Gasteiger partial charge in [-0.05, 0) is 43.5 Å². The molecule has 7 heteroatoms. The lowest BCUT2D eigenvalue weighted by atomic mass is 9.97. The number of aliphatic hydroxyl groups is 1. The first kappa shape index (κ1) is 18.1. The predicted molar refractivity (Wildman–Crippen MR) is 94.5 cm³/mol. The summed E-state index contributed by atoms with van der Waals surface area (Å²) in [5, 5.41) is 10.1. The van der Waals surface area contributed by atoms with Crippen molar-refractivity contribution in [1.82, 2.24) is 0 Å². The van der Waals surface area contributed by atoms with Crippen LogP contribution in [0.1, 0.15) is 25.7 Å². The van der Waals surface area contributed by atoms with Gasteiger partial charge in [0.15, 0.2) is 23.8 Å². The third-order valence-electron chi connectivity index (χ3n) is 4.73. The highest BCUT2D eigenvalue weighted by Gasteiger charge is 2.57. The second-order valence-corrected chi connectivity index (χ2v) is 11.1. The van der Waals surface area contributed by atoms with Gasteiger partial charge in [-0.3, -0.25) is 0 Å². The van der Waals surface area contributed by atoms with Gasteiger partial charge in [-0.25, -0.2) is 16.8 Å². The van der Waals surface area contributed by atoms with Crippen molar-refractivity contribution >= 4 is 19.7 Å². The summed E-state index contributed by atoms with van der Waals surface area (Å²) >= 11 is 0. The molecule has 1 atom stereocenters. The van der Waals surface area contributed by atoms with E-state index in [1.54, 1.807) is 36.4 Å². The first-order chi connectivity index (χ1) is 11.8. The Balaban J connectivity index is 2.26. The largest absolute Gasteiger partial charge is 0.393 e. The van der Waals surface area contributed by atoms with Gasteiger partial charge < -0.3 is 5.11 Å². The van der Waals surface area contributed by atoms with E-state index < -0.39 is 29.9 Å². The summed E-state index contributed by atoms with van der Waals surface area (Å²) in [7, 11) is -8.42. The molecule has 1 saturated carbocycles. The van der Waals surface area contributed by atoms with Crippen molar-refractivity contribution < 1.29 is 21.9 Å². The van der Waals surface area contributed by atoms with Gasteiger partial charge in [0.1, 0.15) is 0 Å². The van der Waals surface area contributed by atoms with Crippen LogP contribution in [0.25, 0.3) is 0 Å². The Morgan fingerprint density at radius 1 is 0.800 bits per heavy atom. The van der Waals surface area contributed by atoms with Crippen LogP contribution in [-0.4, -0.2) is 32.1 Å². The van der Waals surface area contributed by atoms with Crippen molar-refractivity contribution in [1.29, 1.82) is 0 Å². The second-order valence-electron chi connectivity index (χ2n) is 6.29. The van der Waals surface area contributed by atoms with E-state index in [1.807, 2.05) is 0 Å².